The number of hydrogen-bond acceptors (Lipinski definition) is 4. The van der Waals surface area contributed by atoms with Crippen LogP contribution in [-0.2, 0) is 5.41 Å². The van der Waals surface area contributed by atoms with Crippen LogP contribution in [0, 0.1) is 21.4 Å². The lowest BCUT2D eigenvalue weighted by atomic mass is 9.92. The first kappa shape index (κ1) is 11.4. The molecule has 5 heteroatoms. The zero-order valence-electron chi connectivity index (χ0n) is 9.47. The maximum atomic E-state index is 10.9. The third kappa shape index (κ3) is 1.94. The van der Waals surface area contributed by atoms with Gasteiger partial charge in [0.2, 0.25) is 0 Å². The molecule has 0 heterocycles. The summed E-state index contributed by atoms with van der Waals surface area (Å²) < 4.78 is 4.95. The zero-order chi connectivity index (χ0) is 12.5. The summed E-state index contributed by atoms with van der Waals surface area (Å²) in [4.78, 5) is 10.4. The van der Waals surface area contributed by atoms with Gasteiger partial charge in [0.25, 0.3) is 0 Å². The van der Waals surface area contributed by atoms with Crippen LogP contribution < -0.4 is 4.74 Å². The summed E-state index contributed by atoms with van der Waals surface area (Å²) in [5.41, 5.74) is 0.673. The summed E-state index contributed by atoms with van der Waals surface area (Å²) in [6.45, 7) is 0. The molecule has 2 rings (SSSR count). The molecule has 17 heavy (non-hydrogen) atoms. The number of nitrogens with zero attached hydrogens (tertiary/aromatic N) is 2. The number of nitro benzene ring substituents is 1. The molecule has 1 aromatic rings. The van der Waals surface area contributed by atoms with Gasteiger partial charge in [-0.15, -0.1) is 0 Å². The number of ether oxygens (including phenoxy) is 1. The molecule has 5 nitrogen and oxygen atoms in total. The molecule has 0 spiro atoms. The van der Waals surface area contributed by atoms with Crippen molar-refractivity contribution in [2.24, 2.45) is 0 Å². The van der Waals surface area contributed by atoms with E-state index in [1.54, 1.807) is 6.07 Å². The molecule has 1 saturated carbocycles. The van der Waals surface area contributed by atoms with Crippen LogP contribution in [0.1, 0.15) is 24.8 Å². The molecule has 0 radical (unpaired) electrons. The van der Waals surface area contributed by atoms with Crippen molar-refractivity contribution < 1.29 is 9.66 Å². The second kappa shape index (κ2) is 4.06. The van der Waals surface area contributed by atoms with Crippen molar-refractivity contribution in [3.8, 4) is 11.8 Å². The Hall–Kier alpha value is -2.09. The maximum absolute atomic E-state index is 10.9. The average molecular weight is 232 g/mol. The van der Waals surface area contributed by atoms with Gasteiger partial charge in [-0.3, -0.25) is 10.1 Å². The number of methoxy groups -OCH3 is 1. The fourth-order valence-corrected chi connectivity index (χ4v) is 2.03. The Labute approximate surface area is 98.8 Å². The number of nitriles is 1. The predicted molar refractivity (Wildman–Crippen MR) is 60.8 cm³/mol. The first-order valence-corrected chi connectivity index (χ1v) is 5.33. The molecular weight excluding hydrogens is 220 g/mol. The molecule has 0 bridgehead atoms. The van der Waals surface area contributed by atoms with E-state index in [2.05, 4.69) is 6.07 Å². The van der Waals surface area contributed by atoms with Crippen molar-refractivity contribution in [2.75, 3.05) is 7.11 Å². The van der Waals surface area contributed by atoms with Gasteiger partial charge in [-0.2, -0.15) is 5.26 Å². The Kier molecular flexibility index (Phi) is 2.72. The Morgan fingerprint density at radius 3 is 2.76 bits per heavy atom. The molecular formula is C12H12N2O3. The van der Waals surface area contributed by atoms with Crippen molar-refractivity contribution in [1.82, 2.24) is 0 Å². The fourth-order valence-electron chi connectivity index (χ4n) is 2.03. The van der Waals surface area contributed by atoms with E-state index in [4.69, 9.17) is 10.00 Å². The van der Waals surface area contributed by atoms with E-state index in [-0.39, 0.29) is 16.9 Å². The van der Waals surface area contributed by atoms with Crippen LogP contribution in [0.15, 0.2) is 18.2 Å². The highest BCUT2D eigenvalue weighted by molar-refractivity contribution is 5.51. The Balaban J connectivity index is 2.42. The summed E-state index contributed by atoms with van der Waals surface area (Å²) in [5, 5.41) is 19.7. The minimum atomic E-state index is -0.454. The number of hydrogen-bond donors (Lipinski definition) is 0. The number of rotatable bonds is 4. The number of benzene rings is 1. The highest BCUT2D eigenvalue weighted by atomic mass is 16.6. The third-order valence-corrected chi connectivity index (χ3v) is 3.26. The van der Waals surface area contributed by atoms with Crippen LogP contribution in [0.5, 0.6) is 5.75 Å². The van der Waals surface area contributed by atoms with Crippen molar-refractivity contribution in [1.29, 1.82) is 5.26 Å². The predicted octanol–water partition coefficient (Wildman–Crippen LogP) is 2.55. The molecule has 0 N–H and O–H groups in total. The molecule has 88 valence electrons. The summed E-state index contributed by atoms with van der Waals surface area (Å²) in [5.74, 6) is 0.256. The molecule has 1 aliphatic carbocycles. The quantitative estimate of drug-likeness (QED) is 0.590. The van der Waals surface area contributed by atoms with Gasteiger partial charge in [-0.1, -0.05) is 6.07 Å². The molecule has 1 fully saturated rings. The summed E-state index contributed by atoms with van der Waals surface area (Å²) in [7, 11) is 1.41. The monoisotopic (exact) mass is 232 g/mol. The van der Waals surface area contributed by atoms with Crippen LogP contribution in [0.4, 0.5) is 5.69 Å². The van der Waals surface area contributed by atoms with E-state index in [0.717, 1.165) is 18.4 Å². The first-order chi connectivity index (χ1) is 8.13. The zero-order valence-corrected chi connectivity index (χ0v) is 9.47. The van der Waals surface area contributed by atoms with Crippen LogP contribution in [0.2, 0.25) is 0 Å². The van der Waals surface area contributed by atoms with E-state index >= 15 is 0 Å². The molecule has 1 aromatic carbocycles. The van der Waals surface area contributed by atoms with Crippen molar-refractivity contribution in [3.63, 3.8) is 0 Å². The standard InChI is InChI=1S/C12H12N2O3/c1-17-11-3-2-9(8-10(11)14(15)16)12(4-5-12)6-7-13/h2-3,8H,4-6H2,1H3. The normalized spacial score (nSPS) is 16.0. The Morgan fingerprint density at radius 2 is 2.29 bits per heavy atom. The smallest absolute Gasteiger partial charge is 0.311 e. The largest absolute Gasteiger partial charge is 0.490 e. The van der Waals surface area contributed by atoms with Crippen molar-refractivity contribution in [2.45, 2.75) is 24.7 Å². The lowest BCUT2D eigenvalue weighted by Crippen LogP contribution is -2.06. The summed E-state index contributed by atoms with van der Waals surface area (Å²) in [6.07, 6.45) is 2.25. The SMILES string of the molecule is COc1ccc(C2(CC#N)CC2)cc1[N+](=O)[O-]. The van der Waals surface area contributed by atoms with Gasteiger partial charge in [0.15, 0.2) is 5.75 Å². The second-order valence-corrected chi connectivity index (χ2v) is 4.26. The van der Waals surface area contributed by atoms with E-state index in [1.807, 2.05) is 6.07 Å². The lowest BCUT2D eigenvalue weighted by Gasteiger charge is -2.12. The minimum Gasteiger partial charge on any atom is -0.490 e. The molecule has 0 saturated heterocycles. The first-order valence-electron chi connectivity index (χ1n) is 5.33. The second-order valence-electron chi connectivity index (χ2n) is 4.26. The third-order valence-electron chi connectivity index (χ3n) is 3.26. The van der Waals surface area contributed by atoms with Crippen molar-refractivity contribution in [3.05, 3.63) is 33.9 Å². The lowest BCUT2D eigenvalue weighted by molar-refractivity contribution is -0.385. The van der Waals surface area contributed by atoms with Gasteiger partial charge >= 0.3 is 5.69 Å². The van der Waals surface area contributed by atoms with Gasteiger partial charge in [0.05, 0.1) is 18.1 Å². The molecule has 0 unspecified atom stereocenters. The van der Waals surface area contributed by atoms with Gasteiger partial charge in [-0.05, 0) is 24.5 Å². The van der Waals surface area contributed by atoms with Gasteiger partial charge < -0.3 is 4.74 Å². The highest BCUT2D eigenvalue weighted by Gasteiger charge is 2.44. The van der Waals surface area contributed by atoms with Crippen LogP contribution in [-0.4, -0.2) is 12.0 Å². The summed E-state index contributed by atoms with van der Waals surface area (Å²) in [6, 6.07) is 7.09. The topological polar surface area (TPSA) is 76.2 Å². The van der Waals surface area contributed by atoms with Crippen LogP contribution in [0.3, 0.4) is 0 Å². The highest BCUT2D eigenvalue weighted by Crippen LogP contribution is 2.52. The van der Waals surface area contributed by atoms with E-state index in [0.29, 0.717) is 6.42 Å². The van der Waals surface area contributed by atoms with Gasteiger partial charge in [0, 0.05) is 17.9 Å². The van der Waals surface area contributed by atoms with E-state index < -0.39 is 4.92 Å². The average Bonchev–Trinajstić information content (AvgIpc) is 3.09. The van der Waals surface area contributed by atoms with E-state index in [9.17, 15) is 10.1 Å². The van der Waals surface area contributed by atoms with Crippen molar-refractivity contribution >= 4 is 5.69 Å². The molecule has 0 amide bonds. The maximum Gasteiger partial charge on any atom is 0.311 e. The Bertz CT molecular complexity index is 501. The fraction of sp³-hybridized carbons (Fsp3) is 0.417. The molecule has 0 atom stereocenters. The van der Waals surface area contributed by atoms with Crippen LogP contribution >= 0.6 is 0 Å². The van der Waals surface area contributed by atoms with Gasteiger partial charge in [-0.25, -0.2) is 0 Å². The minimum absolute atomic E-state index is 0.0331. The molecule has 0 aromatic heterocycles. The molecule has 1 aliphatic rings. The van der Waals surface area contributed by atoms with E-state index in [1.165, 1.54) is 13.2 Å². The Morgan fingerprint density at radius 1 is 1.59 bits per heavy atom. The van der Waals surface area contributed by atoms with Gasteiger partial charge in [0.1, 0.15) is 0 Å². The van der Waals surface area contributed by atoms with Crippen LogP contribution in [0.25, 0.3) is 0 Å². The molecule has 0 aliphatic heterocycles. The number of nitro groups is 1. The summed E-state index contributed by atoms with van der Waals surface area (Å²) >= 11 is 0.